The van der Waals surface area contributed by atoms with E-state index in [0.29, 0.717) is 12.3 Å². The Balaban J connectivity index is 1.39. The first kappa shape index (κ1) is 18.4. The van der Waals surface area contributed by atoms with Crippen LogP contribution in [0.2, 0.25) is 0 Å². The minimum absolute atomic E-state index is 0.0980. The molecule has 3 rings (SSSR count). The molecule has 5 nitrogen and oxygen atoms in total. The summed E-state index contributed by atoms with van der Waals surface area (Å²) in [5.41, 5.74) is 0. The molecule has 0 unspecified atom stereocenters. The second-order valence-corrected chi connectivity index (χ2v) is 9.51. The van der Waals surface area contributed by atoms with E-state index < -0.39 is 0 Å². The van der Waals surface area contributed by atoms with Crippen LogP contribution in [0.25, 0.3) is 0 Å². The predicted molar refractivity (Wildman–Crippen MR) is 108 cm³/mol. The van der Waals surface area contributed by atoms with E-state index >= 15 is 0 Å². The molecule has 0 aliphatic carbocycles. The number of anilines is 1. The molecule has 0 aliphatic heterocycles. The maximum atomic E-state index is 12.2. The lowest BCUT2D eigenvalue weighted by molar-refractivity contribution is -0.127. The highest BCUT2D eigenvalue weighted by atomic mass is 32.2. The maximum absolute atomic E-state index is 12.2. The highest BCUT2D eigenvalue weighted by Gasteiger charge is 2.12. The number of amides is 1. The van der Waals surface area contributed by atoms with Crippen molar-refractivity contribution in [3.8, 4) is 0 Å². The first-order chi connectivity index (χ1) is 12.2. The van der Waals surface area contributed by atoms with Crippen molar-refractivity contribution in [3.63, 3.8) is 0 Å². The van der Waals surface area contributed by atoms with Gasteiger partial charge in [-0.05, 0) is 29.3 Å². The Labute approximate surface area is 163 Å². The molecule has 3 aromatic rings. The number of thiophene rings is 2. The molecule has 0 radical (unpaired) electrons. The summed E-state index contributed by atoms with van der Waals surface area (Å²) in [5, 5.41) is 16.5. The van der Waals surface area contributed by atoms with Gasteiger partial charge in [0.05, 0.1) is 12.3 Å². The summed E-state index contributed by atoms with van der Waals surface area (Å²) in [6, 6.07) is 8.24. The van der Waals surface area contributed by atoms with Gasteiger partial charge in [-0.15, -0.1) is 32.9 Å². The highest BCUT2D eigenvalue weighted by Crippen LogP contribution is 2.26. The number of hydrogen-bond acceptors (Lipinski definition) is 8. The molecular weight excluding hydrogens is 392 g/mol. The standard InChI is InChI=1S/C16H18N4OS4/c1-20(10-13-5-3-9-23-13)14(21)11-24-16-19-18-15(25-16)17-7-6-12-4-2-8-22-12/h2-5,8-9H,6-7,10-11H2,1H3,(H,17,18). The van der Waals surface area contributed by atoms with Gasteiger partial charge in [-0.1, -0.05) is 35.2 Å². The molecule has 0 bridgehead atoms. The third-order valence-corrected chi connectivity index (χ3v) is 7.15. The minimum Gasteiger partial charge on any atom is -0.360 e. The van der Waals surface area contributed by atoms with Crippen molar-refractivity contribution in [2.24, 2.45) is 0 Å². The number of nitrogens with zero attached hydrogens (tertiary/aromatic N) is 3. The fourth-order valence-electron chi connectivity index (χ4n) is 2.05. The molecule has 3 aromatic heterocycles. The Kier molecular flexibility index (Phi) is 6.85. The largest absolute Gasteiger partial charge is 0.360 e. The molecule has 9 heteroatoms. The van der Waals surface area contributed by atoms with E-state index in [1.807, 2.05) is 24.6 Å². The first-order valence-corrected chi connectivity index (χ1v) is 11.3. The van der Waals surface area contributed by atoms with E-state index in [1.165, 1.54) is 32.9 Å². The summed E-state index contributed by atoms with van der Waals surface area (Å²) in [5.74, 6) is 0.479. The third kappa shape index (κ3) is 5.81. The van der Waals surface area contributed by atoms with Crippen LogP contribution in [0.5, 0.6) is 0 Å². The molecule has 132 valence electrons. The van der Waals surface area contributed by atoms with E-state index in [-0.39, 0.29) is 5.91 Å². The van der Waals surface area contributed by atoms with E-state index in [9.17, 15) is 4.79 Å². The van der Waals surface area contributed by atoms with E-state index in [2.05, 4.69) is 33.0 Å². The van der Waals surface area contributed by atoms with Crippen molar-refractivity contribution in [2.75, 3.05) is 24.7 Å². The monoisotopic (exact) mass is 410 g/mol. The molecule has 0 aromatic carbocycles. The van der Waals surface area contributed by atoms with Gasteiger partial charge in [0.1, 0.15) is 0 Å². The average molecular weight is 411 g/mol. The maximum Gasteiger partial charge on any atom is 0.233 e. The van der Waals surface area contributed by atoms with Crippen LogP contribution in [-0.2, 0) is 17.8 Å². The van der Waals surface area contributed by atoms with Gasteiger partial charge in [0.2, 0.25) is 11.0 Å². The number of hydrogen-bond donors (Lipinski definition) is 1. The molecule has 0 spiro atoms. The summed E-state index contributed by atoms with van der Waals surface area (Å²) < 4.78 is 0.816. The summed E-state index contributed by atoms with van der Waals surface area (Å²) in [6.45, 7) is 1.49. The highest BCUT2D eigenvalue weighted by molar-refractivity contribution is 8.01. The summed E-state index contributed by atoms with van der Waals surface area (Å²) in [7, 11) is 1.83. The molecule has 0 atom stereocenters. The van der Waals surface area contributed by atoms with Gasteiger partial charge in [-0.25, -0.2) is 0 Å². The fraction of sp³-hybridized carbons (Fsp3) is 0.312. The number of nitrogens with one attached hydrogen (secondary N) is 1. The van der Waals surface area contributed by atoms with Crippen LogP contribution in [0.3, 0.4) is 0 Å². The van der Waals surface area contributed by atoms with Crippen LogP contribution in [0.15, 0.2) is 39.4 Å². The Morgan fingerprint density at radius 3 is 2.68 bits per heavy atom. The Morgan fingerprint density at radius 1 is 1.20 bits per heavy atom. The Hall–Kier alpha value is -1.42. The van der Waals surface area contributed by atoms with Crippen LogP contribution in [0, 0.1) is 0 Å². The third-order valence-electron chi connectivity index (χ3n) is 3.35. The minimum atomic E-state index is 0.0980. The first-order valence-electron chi connectivity index (χ1n) is 7.69. The summed E-state index contributed by atoms with van der Waals surface area (Å²) in [4.78, 5) is 16.5. The second kappa shape index (κ2) is 9.33. The van der Waals surface area contributed by atoms with Crippen LogP contribution in [0.1, 0.15) is 9.75 Å². The van der Waals surface area contributed by atoms with E-state index in [4.69, 9.17) is 0 Å². The molecule has 1 N–H and O–H groups in total. The lowest BCUT2D eigenvalue weighted by atomic mass is 10.3. The fourth-order valence-corrected chi connectivity index (χ4v) is 5.23. The topological polar surface area (TPSA) is 58.1 Å². The molecule has 25 heavy (non-hydrogen) atoms. The summed E-state index contributed by atoms with van der Waals surface area (Å²) >= 11 is 6.36. The van der Waals surface area contributed by atoms with Crippen LogP contribution in [0.4, 0.5) is 5.13 Å². The normalized spacial score (nSPS) is 10.8. The van der Waals surface area contributed by atoms with Crippen molar-refractivity contribution in [2.45, 2.75) is 17.3 Å². The van der Waals surface area contributed by atoms with Gasteiger partial charge in [0.25, 0.3) is 0 Å². The number of carbonyl (C=O) groups excluding carboxylic acids is 1. The lowest BCUT2D eigenvalue weighted by Crippen LogP contribution is -2.27. The van der Waals surface area contributed by atoms with Crippen molar-refractivity contribution >= 4 is 56.8 Å². The van der Waals surface area contributed by atoms with Crippen LogP contribution < -0.4 is 5.32 Å². The zero-order chi connectivity index (χ0) is 17.5. The predicted octanol–water partition coefficient (Wildman–Crippen LogP) is 4.07. The molecule has 1 amide bonds. The lowest BCUT2D eigenvalue weighted by Gasteiger charge is -2.15. The molecule has 3 heterocycles. The van der Waals surface area contributed by atoms with Crippen LogP contribution in [-0.4, -0.2) is 40.3 Å². The van der Waals surface area contributed by atoms with Gasteiger partial charge in [-0.2, -0.15) is 0 Å². The molecular formula is C16H18N4OS4. The molecule has 0 saturated heterocycles. The van der Waals surface area contributed by atoms with Crippen molar-refractivity contribution in [3.05, 3.63) is 44.8 Å². The van der Waals surface area contributed by atoms with Crippen molar-refractivity contribution in [1.29, 1.82) is 0 Å². The number of carbonyl (C=O) groups is 1. The number of rotatable bonds is 9. The van der Waals surface area contributed by atoms with Gasteiger partial charge >= 0.3 is 0 Å². The smallest absolute Gasteiger partial charge is 0.233 e. The molecule has 0 aliphatic rings. The summed E-state index contributed by atoms with van der Waals surface area (Å²) in [6.07, 6.45) is 0.978. The van der Waals surface area contributed by atoms with Gasteiger partial charge in [0, 0.05) is 23.3 Å². The van der Waals surface area contributed by atoms with Gasteiger partial charge < -0.3 is 10.2 Å². The SMILES string of the molecule is CN(Cc1cccs1)C(=O)CSc1nnc(NCCc2cccs2)s1. The molecule has 0 fully saturated rings. The van der Waals surface area contributed by atoms with E-state index in [0.717, 1.165) is 22.4 Å². The zero-order valence-electron chi connectivity index (χ0n) is 13.7. The van der Waals surface area contributed by atoms with Crippen molar-refractivity contribution in [1.82, 2.24) is 15.1 Å². The quantitative estimate of drug-likeness (QED) is 0.539. The average Bonchev–Trinajstić information content (AvgIpc) is 3.35. The Morgan fingerprint density at radius 2 is 1.96 bits per heavy atom. The zero-order valence-corrected chi connectivity index (χ0v) is 16.9. The number of aromatic nitrogens is 2. The van der Waals surface area contributed by atoms with Gasteiger partial charge in [0.15, 0.2) is 4.34 Å². The second-order valence-electron chi connectivity index (χ2n) is 5.25. The Bertz CT molecular complexity index is 770. The van der Waals surface area contributed by atoms with E-state index in [1.54, 1.807) is 27.6 Å². The van der Waals surface area contributed by atoms with Crippen LogP contribution >= 0.6 is 45.8 Å². The molecule has 0 saturated carbocycles. The van der Waals surface area contributed by atoms with Gasteiger partial charge in [-0.3, -0.25) is 4.79 Å². The number of thioether (sulfide) groups is 1. The van der Waals surface area contributed by atoms with Crippen molar-refractivity contribution < 1.29 is 4.79 Å².